The molecule has 0 bridgehead atoms. The zero-order chi connectivity index (χ0) is 22.6. The summed E-state index contributed by atoms with van der Waals surface area (Å²) in [6, 6.07) is 7.18. The molecule has 1 N–H and O–H groups in total. The average Bonchev–Trinajstić information content (AvgIpc) is 3.03. The monoisotopic (exact) mass is 486 g/mol. The molecule has 1 fully saturated rings. The van der Waals surface area contributed by atoms with Gasteiger partial charge in [-0.2, -0.15) is 0 Å². The maximum absolute atomic E-state index is 14.3. The Balaban J connectivity index is 0.000000858. The lowest BCUT2D eigenvalue weighted by atomic mass is 10.2. The quantitative estimate of drug-likeness (QED) is 0.521. The molecule has 0 saturated carbocycles. The number of alkyl halides is 4. The second kappa shape index (κ2) is 10.1. The number of hydrogen-bond acceptors (Lipinski definition) is 6. The van der Waals surface area contributed by atoms with Gasteiger partial charge in [0.05, 0.1) is 19.6 Å². The predicted molar refractivity (Wildman–Crippen MR) is 102 cm³/mol. The van der Waals surface area contributed by atoms with Crippen LogP contribution in [0.2, 0.25) is 5.02 Å². The van der Waals surface area contributed by atoms with Gasteiger partial charge in [-0.3, -0.25) is 23.4 Å². The van der Waals surface area contributed by atoms with E-state index in [0.717, 1.165) is 16.3 Å². The van der Waals surface area contributed by atoms with Gasteiger partial charge in [0, 0.05) is 11.8 Å². The molecule has 14 heteroatoms. The molecule has 0 radical (unpaired) electrons. The molecule has 0 aliphatic carbocycles. The van der Waals surface area contributed by atoms with Gasteiger partial charge >= 0.3 is 14.3 Å². The van der Waals surface area contributed by atoms with Crippen LogP contribution >= 0.6 is 20.2 Å². The summed E-state index contributed by atoms with van der Waals surface area (Å²) in [5.41, 5.74) is -0.861. The van der Waals surface area contributed by atoms with Crippen molar-refractivity contribution in [2.24, 2.45) is 0 Å². The molecule has 0 spiro atoms. The summed E-state index contributed by atoms with van der Waals surface area (Å²) in [6.45, 7) is -2.00. The molecule has 3 unspecified atom stereocenters. The first-order valence-corrected chi connectivity index (χ1v) is 10.2. The van der Waals surface area contributed by atoms with Gasteiger partial charge in [0.15, 0.2) is 0 Å². The number of halogens is 5. The third kappa shape index (κ3) is 5.64. The maximum Gasteiger partial charge on any atom is 0.397 e. The Morgan fingerprint density at radius 3 is 2.74 bits per heavy atom. The fourth-order valence-electron chi connectivity index (χ4n) is 2.83. The lowest BCUT2D eigenvalue weighted by Gasteiger charge is -2.25. The van der Waals surface area contributed by atoms with Crippen molar-refractivity contribution in [1.82, 2.24) is 9.55 Å². The number of aromatic amines is 1. The van der Waals surface area contributed by atoms with Crippen LogP contribution in [0.1, 0.15) is 18.2 Å². The highest BCUT2D eigenvalue weighted by molar-refractivity contribution is 7.42. The van der Waals surface area contributed by atoms with E-state index in [0.29, 0.717) is 5.75 Å². The van der Waals surface area contributed by atoms with Crippen molar-refractivity contribution in [3.63, 3.8) is 0 Å². The second-order valence-electron chi connectivity index (χ2n) is 6.28. The Morgan fingerprint density at radius 2 is 2.00 bits per heavy atom. The number of para-hydroxylation sites is 1. The molecule has 4 rings (SSSR count). The number of ether oxygens (including phenoxy) is 1. The minimum Gasteiger partial charge on any atom is -0.426 e. The first-order valence-electron chi connectivity index (χ1n) is 8.73. The Morgan fingerprint density at radius 1 is 1.29 bits per heavy atom. The van der Waals surface area contributed by atoms with Crippen molar-refractivity contribution in [2.45, 2.75) is 31.3 Å². The number of fused-ring (bicyclic) bond motifs is 1. The molecule has 2 aliphatic rings. The van der Waals surface area contributed by atoms with E-state index in [-0.39, 0.29) is 11.6 Å². The van der Waals surface area contributed by atoms with E-state index in [4.69, 9.17) is 29.9 Å². The third-order valence-corrected chi connectivity index (χ3v) is 5.59. The van der Waals surface area contributed by atoms with Crippen LogP contribution in [0.3, 0.4) is 0 Å². The van der Waals surface area contributed by atoms with E-state index in [1.807, 2.05) is 17.1 Å². The third-order valence-electron chi connectivity index (χ3n) is 4.28. The molecule has 0 amide bonds. The maximum atomic E-state index is 14.3. The van der Waals surface area contributed by atoms with Crippen LogP contribution in [0.25, 0.3) is 0 Å². The normalized spacial score (nSPS) is 24.0. The van der Waals surface area contributed by atoms with E-state index in [2.05, 4.69) is 0 Å². The summed E-state index contributed by atoms with van der Waals surface area (Å²) < 4.78 is 70.4. The smallest absolute Gasteiger partial charge is 0.397 e. The van der Waals surface area contributed by atoms with Crippen LogP contribution in [0.15, 0.2) is 40.1 Å². The Bertz CT molecular complexity index is 1020. The summed E-state index contributed by atoms with van der Waals surface area (Å²) >= 11 is 5.67. The number of nitrogens with zero attached hydrogens (tertiary/aromatic N) is 1. The molecule has 3 heterocycles. The van der Waals surface area contributed by atoms with E-state index >= 15 is 0 Å². The molecular formula is C17H16ClF4N2O6P. The fourth-order valence-corrected chi connectivity index (χ4v) is 4.01. The van der Waals surface area contributed by atoms with Gasteiger partial charge in [-0.1, -0.05) is 29.8 Å². The Labute approximate surface area is 178 Å². The SMILES string of the molecule is FCF.O=c1[nH]c(=O)n(C2CC(F)(F)C(COP3OCc4ccccc4O3)O2)cc1Cl. The molecule has 170 valence electrons. The highest BCUT2D eigenvalue weighted by atomic mass is 35.5. The van der Waals surface area contributed by atoms with Crippen LogP contribution in [0.4, 0.5) is 17.6 Å². The van der Waals surface area contributed by atoms with Crippen molar-refractivity contribution >= 4 is 20.2 Å². The highest BCUT2D eigenvalue weighted by Gasteiger charge is 2.51. The lowest BCUT2D eigenvalue weighted by molar-refractivity contribution is -0.0994. The van der Waals surface area contributed by atoms with Gasteiger partial charge in [0.25, 0.3) is 11.5 Å². The van der Waals surface area contributed by atoms with Gasteiger partial charge in [-0.05, 0) is 6.07 Å². The van der Waals surface area contributed by atoms with Crippen LogP contribution < -0.4 is 15.8 Å². The van der Waals surface area contributed by atoms with E-state index in [9.17, 15) is 27.2 Å². The minimum absolute atomic E-state index is 0.248. The first-order chi connectivity index (χ1) is 14.7. The Hall–Kier alpha value is -1.98. The zero-order valence-corrected chi connectivity index (χ0v) is 17.3. The highest BCUT2D eigenvalue weighted by Crippen LogP contribution is 2.49. The van der Waals surface area contributed by atoms with Crippen molar-refractivity contribution < 1.29 is 35.9 Å². The average molecular weight is 487 g/mol. The van der Waals surface area contributed by atoms with Crippen LogP contribution in [-0.2, 0) is 20.4 Å². The summed E-state index contributed by atoms with van der Waals surface area (Å²) in [5.74, 6) is -2.69. The summed E-state index contributed by atoms with van der Waals surface area (Å²) in [7, 11) is -1.85. The minimum atomic E-state index is -3.27. The zero-order valence-electron chi connectivity index (χ0n) is 15.6. The van der Waals surface area contributed by atoms with Crippen LogP contribution in [-0.4, -0.2) is 35.1 Å². The van der Waals surface area contributed by atoms with E-state index in [1.54, 1.807) is 12.1 Å². The topological polar surface area (TPSA) is 91.8 Å². The Kier molecular flexibility index (Phi) is 7.71. The number of nitrogens with one attached hydrogen (secondary N) is 1. The van der Waals surface area contributed by atoms with Gasteiger partial charge in [-0.25, -0.2) is 22.4 Å². The first kappa shape index (κ1) is 23.7. The predicted octanol–water partition coefficient (Wildman–Crippen LogP) is 3.85. The molecule has 8 nitrogen and oxygen atoms in total. The lowest BCUT2D eigenvalue weighted by Crippen LogP contribution is -2.33. The van der Waals surface area contributed by atoms with Crippen LogP contribution in [0, 0.1) is 0 Å². The van der Waals surface area contributed by atoms with Crippen molar-refractivity contribution in [2.75, 3.05) is 13.5 Å². The van der Waals surface area contributed by atoms with Gasteiger partial charge < -0.3 is 9.26 Å². The number of benzene rings is 1. The van der Waals surface area contributed by atoms with Gasteiger partial charge in [-0.15, -0.1) is 0 Å². The summed E-state index contributed by atoms with van der Waals surface area (Å²) in [4.78, 5) is 25.1. The molecule has 2 aromatic rings. The molecule has 1 saturated heterocycles. The van der Waals surface area contributed by atoms with Gasteiger partial charge in [0.2, 0.25) is 6.93 Å². The van der Waals surface area contributed by atoms with Gasteiger partial charge in [0.1, 0.15) is 23.1 Å². The molecular weight excluding hydrogens is 471 g/mol. The van der Waals surface area contributed by atoms with Crippen LogP contribution in [0.5, 0.6) is 5.75 Å². The largest absolute Gasteiger partial charge is 0.426 e. The van der Waals surface area contributed by atoms with Crippen molar-refractivity contribution in [3.8, 4) is 5.75 Å². The number of rotatable bonds is 4. The number of H-pyrrole nitrogens is 1. The summed E-state index contributed by atoms with van der Waals surface area (Å²) in [5, 5.41) is -0.308. The van der Waals surface area contributed by atoms with Crippen molar-refractivity contribution in [3.05, 3.63) is 61.9 Å². The molecule has 2 aliphatic heterocycles. The van der Waals surface area contributed by atoms with Crippen molar-refractivity contribution in [1.29, 1.82) is 0 Å². The second-order valence-corrected chi connectivity index (χ2v) is 7.83. The standard InChI is InChI=1S/C16H14ClF2N2O6P.CH2F2/c17-10-6-21(15(23)20-14(10)22)13-5-16(18,19)12(26-13)8-25-28-24-7-9-3-1-2-4-11(9)27-28;2-1-3/h1-4,6,12-13H,5,7-8H2,(H,20,22,23);1H2. The fraction of sp³-hybridized carbons (Fsp3) is 0.412. The molecule has 1 aromatic carbocycles. The molecule has 31 heavy (non-hydrogen) atoms. The number of aromatic nitrogens is 2. The molecule has 3 atom stereocenters. The molecule has 1 aromatic heterocycles. The van der Waals surface area contributed by atoms with E-state index in [1.165, 1.54) is 0 Å². The summed E-state index contributed by atoms with van der Waals surface area (Å²) in [6.07, 6.45) is -2.72. The van der Waals surface area contributed by atoms with E-state index < -0.39 is 58.1 Å². The number of hydrogen-bond donors (Lipinski definition) is 1.